The predicted octanol–water partition coefficient (Wildman–Crippen LogP) is 13.7. The van der Waals surface area contributed by atoms with Gasteiger partial charge in [0, 0.05) is 10.9 Å². The second kappa shape index (κ2) is 11.3. The van der Waals surface area contributed by atoms with Crippen LogP contribution < -0.4 is 0 Å². The van der Waals surface area contributed by atoms with Gasteiger partial charge in [-0.25, -0.2) is 0 Å². The molecular weight excluding hydrogens is 581 g/mol. The largest absolute Gasteiger partial charge is 0.456 e. The van der Waals surface area contributed by atoms with Gasteiger partial charge in [0.15, 0.2) is 0 Å². The fraction of sp³-hybridized carbons (Fsp3) is 0.0213. The van der Waals surface area contributed by atoms with E-state index in [1.165, 1.54) is 70.9 Å². The first-order valence-electron chi connectivity index (χ1n) is 16.5. The molecule has 0 N–H and O–H groups in total. The lowest BCUT2D eigenvalue weighted by molar-refractivity contribution is 0.603. The van der Waals surface area contributed by atoms with Crippen LogP contribution in [0.15, 0.2) is 163 Å². The minimum absolute atomic E-state index is 0.796. The Balaban J connectivity index is 1.31. The van der Waals surface area contributed by atoms with Gasteiger partial charge in [-0.2, -0.15) is 0 Å². The van der Waals surface area contributed by atoms with Crippen LogP contribution in [0, 0.1) is 0 Å². The Labute approximate surface area is 279 Å². The van der Waals surface area contributed by atoms with Crippen molar-refractivity contribution in [2.45, 2.75) is 6.92 Å². The van der Waals surface area contributed by atoms with Gasteiger partial charge in [0.1, 0.15) is 11.3 Å². The molecule has 0 unspecified atom stereocenters. The lowest BCUT2D eigenvalue weighted by atomic mass is 9.84. The normalized spacial score (nSPS) is 11.9. The van der Waals surface area contributed by atoms with Crippen LogP contribution in [0.1, 0.15) is 18.2 Å². The summed E-state index contributed by atoms with van der Waals surface area (Å²) in [7, 11) is 0. The maximum atomic E-state index is 6.33. The highest BCUT2D eigenvalue weighted by atomic mass is 16.3. The topological polar surface area (TPSA) is 13.1 Å². The Bertz CT molecular complexity index is 2700. The Hall–Kier alpha value is -6.18. The van der Waals surface area contributed by atoms with Crippen LogP contribution in [0.4, 0.5) is 0 Å². The number of benzene rings is 8. The maximum absolute atomic E-state index is 6.33. The van der Waals surface area contributed by atoms with E-state index >= 15 is 0 Å². The summed E-state index contributed by atoms with van der Waals surface area (Å²) in [6.07, 6.45) is 5.94. The summed E-state index contributed by atoms with van der Waals surface area (Å²) in [6, 6.07) is 53.2. The fourth-order valence-electron chi connectivity index (χ4n) is 7.55. The number of allylic oxidation sites excluding steroid dienone is 1. The van der Waals surface area contributed by atoms with Gasteiger partial charge in [-0.1, -0.05) is 140 Å². The molecule has 1 aromatic heterocycles. The summed E-state index contributed by atoms with van der Waals surface area (Å²) in [5, 5.41) is 11.0. The van der Waals surface area contributed by atoms with Crippen LogP contribution in [-0.2, 0) is 0 Å². The number of furan rings is 1. The van der Waals surface area contributed by atoms with Crippen molar-refractivity contribution < 1.29 is 4.42 Å². The molecule has 0 fully saturated rings. The summed E-state index contributed by atoms with van der Waals surface area (Å²) < 4.78 is 6.33. The van der Waals surface area contributed by atoms with Gasteiger partial charge in [0.25, 0.3) is 0 Å². The van der Waals surface area contributed by atoms with E-state index in [1.54, 1.807) is 6.08 Å². The van der Waals surface area contributed by atoms with Crippen molar-refractivity contribution in [1.82, 2.24) is 0 Å². The third-order valence-electron chi connectivity index (χ3n) is 9.73. The molecule has 0 aliphatic carbocycles. The molecule has 9 aromatic rings. The zero-order valence-electron chi connectivity index (χ0n) is 26.7. The van der Waals surface area contributed by atoms with Crippen molar-refractivity contribution in [1.29, 1.82) is 0 Å². The van der Waals surface area contributed by atoms with Crippen LogP contribution >= 0.6 is 0 Å². The molecule has 48 heavy (non-hydrogen) atoms. The smallest absolute Gasteiger partial charge is 0.136 e. The summed E-state index contributed by atoms with van der Waals surface area (Å²) in [6.45, 7) is 6.03. The minimum atomic E-state index is 0.796. The molecule has 226 valence electrons. The van der Waals surface area contributed by atoms with Gasteiger partial charge in [0.2, 0.25) is 0 Å². The molecule has 0 spiro atoms. The van der Waals surface area contributed by atoms with E-state index in [1.807, 2.05) is 13.0 Å². The number of rotatable bonds is 5. The quantitative estimate of drug-likeness (QED) is 0.176. The molecule has 0 atom stereocenters. The lowest BCUT2D eigenvalue weighted by Gasteiger charge is -2.19. The van der Waals surface area contributed by atoms with Crippen molar-refractivity contribution in [2.24, 2.45) is 0 Å². The summed E-state index contributed by atoms with van der Waals surface area (Å²) >= 11 is 0. The zero-order chi connectivity index (χ0) is 32.2. The van der Waals surface area contributed by atoms with Crippen molar-refractivity contribution >= 4 is 66.2 Å². The highest BCUT2D eigenvalue weighted by Gasteiger charge is 2.19. The average molecular weight is 613 g/mol. The molecule has 8 aromatic carbocycles. The molecule has 0 saturated carbocycles. The van der Waals surface area contributed by atoms with Gasteiger partial charge in [0.05, 0.1) is 0 Å². The Kier molecular flexibility index (Phi) is 6.59. The van der Waals surface area contributed by atoms with Gasteiger partial charge < -0.3 is 4.42 Å². The second-order valence-corrected chi connectivity index (χ2v) is 12.4. The summed E-state index contributed by atoms with van der Waals surface area (Å²) in [5.74, 6) is 0.796. The zero-order valence-corrected chi connectivity index (χ0v) is 26.7. The van der Waals surface area contributed by atoms with E-state index < -0.39 is 0 Å². The van der Waals surface area contributed by atoms with E-state index in [4.69, 9.17) is 4.42 Å². The molecule has 9 rings (SSSR count). The molecule has 0 amide bonds. The van der Waals surface area contributed by atoms with Crippen molar-refractivity contribution in [3.63, 3.8) is 0 Å². The van der Waals surface area contributed by atoms with Crippen molar-refractivity contribution in [2.75, 3.05) is 0 Å². The Morgan fingerprint density at radius 1 is 0.479 bits per heavy atom. The SMILES string of the molecule is C=Cc1oc2cc(-c3c4ccccc4c(-c4cccc5ccc(-c6ccc7ccccc7c6)cc45)c4ccccc34)ccc2c1/C=C\C. The van der Waals surface area contributed by atoms with Crippen LogP contribution in [0.25, 0.3) is 99.6 Å². The number of hydrogen-bond acceptors (Lipinski definition) is 1. The lowest BCUT2D eigenvalue weighted by Crippen LogP contribution is -1.92. The van der Waals surface area contributed by atoms with E-state index in [0.717, 1.165) is 27.9 Å². The number of fused-ring (bicyclic) bond motifs is 5. The maximum Gasteiger partial charge on any atom is 0.136 e. The van der Waals surface area contributed by atoms with Crippen LogP contribution in [0.2, 0.25) is 0 Å². The first kappa shape index (κ1) is 28.1. The third-order valence-corrected chi connectivity index (χ3v) is 9.73. The first-order valence-corrected chi connectivity index (χ1v) is 16.5. The molecule has 1 heteroatoms. The Morgan fingerprint density at radius 3 is 1.79 bits per heavy atom. The van der Waals surface area contributed by atoms with E-state index in [2.05, 4.69) is 158 Å². The monoisotopic (exact) mass is 612 g/mol. The van der Waals surface area contributed by atoms with Crippen molar-refractivity contribution in [3.05, 3.63) is 170 Å². The van der Waals surface area contributed by atoms with Gasteiger partial charge >= 0.3 is 0 Å². The summed E-state index contributed by atoms with van der Waals surface area (Å²) in [4.78, 5) is 0. The minimum Gasteiger partial charge on any atom is -0.456 e. The molecule has 0 aliphatic rings. The second-order valence-electron chi connectivity index (χ2n) is 12.4. The van der Waals surface area contributed by atoms with E-state index in [-0.39, 0.29) is 0 Å². The molecular formula is C47H32O. The number of hydrogen-bond donors (Lipinski definition) is 0. The van der Waals surface area contributed by atoms with Crippen molar-refractivity contribution in [3.8, 4) is 33.4 Å². The van der Waals surface area contributed by atoms with Gasteiger partial charge in [-0.15, -0.1) is 0 Å². The summed E-state index contributed by atoms with van der Waals surface area (Å²) in [5.41, 5.74) is 9.22. The molecule has 0 aliphatic heterocycles. The van der Waals surface area contributed by atoms with E-state index in [9.17, 15) is 0 Å². The fourth-order valence-corrected chi connectivity index (χ4v) is 7.55. The van der Waals surface area contributed by atoms with Gasteiger partial charge in [-0.3, -0.25) is 0 Å². The van der Waals surface area contributed by atoms with Crippen LogP contribution in [-0.4, -0.2) is 0 Å². The first-order chi connectivity index (χ1) is 23.7. The average Bonchev–Trinajstić information content (AvgIpc) is 3.50. The highest BCUT2D eigenvalue weighted by molar-refractivity contribution is 6.24. The van der Waals surface area contributed by atoms with E-state index in [0.29, 0.717) is 0 Å². The van der Waals surface area contributed by atoms with Crippen LogP contribution in [0.3, 0.4) is 0 Å². The predicted molar refractivity (Wildman–Crippen MR) is 207 cm³/mol. The van der Waals surface area contributed by atoms with Gasteiger partial charge in [-0.05, 0) is 114 Å². The third kappa shape index (κ3) is 4.40. The van der Waals surface area contributed by atoms with Crippen LogP contribution in [0.5, 0.6) is 0 Å². The Morgan fingerprint density at radius 2 is 1.08 bits per heavy atom. The highest BCUT2D eigenvalue weighted by Crippen LogP contribution is 2.46. The molecule has 1 heterocycles. The molecule has 0 bridgehead atoms. The standard InChI is InChI=1S/C47H32O/c1-3-12-36-37-26-25-35(29-45(37)48-44(36)4-2)46-38-16-7-9-18-40(38)47(41-19-10-8-17-39(41)46)42-20-11-15-31-22-24-34(28-43(31)42)33-23-21-30-13-5-6-14-32(30)27-33/h3-29H,2H2,1H3/b12-3-. The molecule has 1 nitrogen and oxygen atoms in total. The molecule has 0 saturated heterocycles. The molecule has 0 radical (unpaired) electrons.